The van der Waals surface area contributed by atoms with E-state index in [0.29, 0.717) is 23.9 Å². The van der Waals surface area contributed by atoms with E-state index < -0.39 is 32.5 Å². The third kappa shape index (κ3) is 47.7. The number of allylic oxidation sites excluding steroid dienone is 6. The number of phosphoric ester groups is 1. The molecule has 0 aromatic carbocycles. The molecule has 0 spiro atoms. The van der Waals surface area contributed by atoms with Crippen LogP contribution in [0.15, 0.2) is 36.5 Å². The Kier molecular flexibility index (Phi) is 43.2. The van der Waals surface area contributed by atoms with Crippen molar-refractivity contribution in [3.63, 3.8) is 0 Å². The van der Waals surface area contributed by atoms with E-state index in [2.05, 4.69) is 50.3 Å². The van der Waals surface area contributed by atoms with Crippen molar-refractivity contribution in [2.24, 2.45) is 0 Å². The molecule has 0 aliphatic carbocycles. The molecule has 0 saturated carbocycles. The molecule has 0 aromatic rings. The quantitative estimate of drug-likeness (QED) is 0.0148. The molecule has 0 saturated heterocycles. The number of likely N-dealkylation sites (N-methyl/N-ethyl adjacent to an activating group) is 1. The number of rotatable bonds is 47. The highest BCUT2D eigenvalue weighted by atomic mass is 31.2. The summed E-state index contributed by atoms with van der Waals surface area (Å²) in [7, 11) is 1.15. The molecule has 0 N–H and O–H groups in total. The molecule has 62 heavy (non-hydrogen) atoms. The van der Waals surface area contributed by atoms with Crippen LogP contribution in [0.25, 0.3) is 0 Å². The summed E-state index contributed by atoms with van der Waals surface area (Å²) in [6.07, 6.45) is 51.9. The van der Waals surface area contributed by atoms with Crippen LogP contribution in [0.5, 0.6) is 0 Å². The number of hydrogen-bond donors (Lipinski definition) is 0. The zero-order valence-corrected chi connectivity index (χ0v) is 42.0. The summed E-state index contributed by atoms with van der Waals surface area (Å²) in [6.45, 7) is 4.19. The first kappa shape index (κ1) is 60.2. The Bertz CT molecular complexity index is 1150. The Morgan fingerprint density at radius 2 is 0.887 bits per heavy atom. The highest BCUT2D eigenvalue weighted by Crippen LogP contribution is 2.38. The summed E-state index contributed by atoms with van der Waals surface area (Å²) < 4.78 is 34.0. The maximum Gasteiger partial charge on any atom is 0.306 e. The lowest BCUT2D eigenvalue weighted by Crippen LogP contribution is -2.37. The molecule has 0 radical (unpaired) electrons. The van der Waals surface area contributed by atoms with Crippen molar-refractivity contribution in [3.05, 3.63) is 36.5 Å². The number of unbranched alkanes of at least 4 members (excludes halogenated alkanes) is 28. The van der Waals surface area contributed by atoms with Gasteiger partial charge in [0.05, 0.1) is 27.7 Å². The predicted molar refractivity (Wildman–Crippen MR) is 259 cm³/mol. The van der Waals surface area contributed by atoms with Gasteiger partial charge in [0.2, 0.25) is 0 Å². The molecule has 9 nitrogen and oxygen atoms in total. The Hall–Kier alpha value is -1.77. The van der Waals surface area contributed by atoms with Crippen molar-refractivity contribution in [2.45, 2.75) is 238 Å². The maximum atomic E-state index is 12.7. The largest absolute Gasteiger partial charge is 0.756 e. The van der Waals surface area contributed by atoms with Gasteiger partial charge in [0.25, 0.3) is 7.82 Å². The van der Waals surface area contributed by atoms with E-state index in [1.807, 2.05) is 21.1 Å². The lowest BCUT2D eigenvalue weighted by molar-refractivity contribution is -0.870. The monoisotopic (exact) mass is 896 g/mol. The summed E-state index contributed by atoms with van der Waals surface area (Å²) in [6, 6.07) is 0. The first-order valence-corrected chi connectivity index (χ1v) is 27.2. The molecule has 10 heteroatoms. The zero-order valence-electron chi connectivity index (χ0n) is 41.1. The van der Waals surface area contributed by atoms with Crippen LogP contribution in [0, 0.1) is 0 Å². The van der Waals surface area contributed by atoms with E-state index in [1.54, 1.807) is 0 Å². The van der Waals surface area contributed by atoms with Crippen LogP contribution in [0.1, 0.15) is 232 Å². The third-order valence-electron chi connectivity index (χ3n) is 11.2. The van der Waals surface area contributed by atoms with Gasteiger partial charge in [0.15, 0.2) is 6.10 Å². The van der Waals surface area contributed by atoms with Crippen molar-refractivity contribution < 1.29 is 42.1 Å². The van der Waals surface area contributed by atoms with Gasteiger partial charge in [-0.25, -0.2) is 0 Å². The minimum Gasteiger partial charge on any atom is -0.756 e. The van der Waals surface area contributed by atoms with Gasteiger partial charge in [-0.15, -0.1) is 0 Å². The number of carbonyl (C=O) groups excluding carboxylic acids is 2. The standard InChI is InChI=1S/C52H98NO8P/c1-6-8-10-12-14-16-18-20-22-23-24-25-26-27-28-29-31-32-34-36-38-40-42-44-51(54)58-48-50(49-60-62(56,57)59-47-46-53(3,4)5)61-52(55)45-43-41-39-37-35-33-30-21-19-17-15-13-11-9-7-2/h17,19,21,30,36,38,50H,6-16,18,20,22-29,31-35,37,39-49H2,1-5H3/b19-17+,30-21+,38-36+/t50-/m0/s1. The van der Waals surface area contributed by atoms with Gasteiger partial charge in [-0.3, -0.25) is 14.2 Å². The lowest BCUT2D eigenvalue weighted by atomic mass is 10.0. The van der Waals surface area contributed by atoms with Gasteiger partial charge >= 0.3 is 11.9 Å². The van der Waals surface area contributed by atoms with Crippen molar-refractivity contribution in [3.8, 4) is 0 Å². The van der Waals surface area contributed by atoms with Crippen LogP contribution in [-0.4, -0.2) is 70.0 Å². The molecule has 0 fully saturated rings. The average Bonchev–Trinajstić information content (AvgIpc) is 3.23. The van der Waals surface area contributed by atoms with E-state index in [0.717, 1.165) is 51.4 Å². The van der Waals surface area contributed by atoms with Crippen molar-refractivity contribution in [2.75, 3.05) is 47.5 Å². The predicted octanol–water partition coefficient (Wildman–Crippen LogP) is 14.6. The number of ether oxygens (including phenoxy) is 2. The fourth-order valence-corrected chi connectivity index (χ4v) is 7.85. The van der Waals surface area contributed by atoms with Gasteiger partial charge < -0.3 is 27.9 Å². The van der Waals surface area contributed by atoms with Crippen molar-refractivity contribution >= 4 is 19.8 Å². The Morgan fingerprint density at radius 3 is 1.35 bits per heavy atom. The number of esters is 2. The second-order valence-corrected chi connectivity index (χ2v) is 20.0. The first-order chi connectivity index (χ1) is 30.0. The molecule has 1 unspecified atom stereocenters. The number of hydrogen-bond acceptors (Lipinski definition) is 8. The Labute approximate surface area is 382 Å². The molecule has 0 amide bonds. The van der Waals surface area contributed by atoms with E-state index in [-0.39, 0.29) is 26.1 Å². The summed E-state index contributed by atoms with van der Waals surface area (Å²) in [4.78, 5) is 37.6. The Balaban J connectivity index is 4.24. The second kappa shape index (κ2) is 44.4. The fraction of sp³-hybridized carbons (Fsp3) is 0.846. The van der Waals surface area contributed by atoms with Crippen LogP contribution in [0.4, 0.5) is 0 Å². The maximum absolute atomic E-state index is 12.7. The molecule has 0 aromatic heterocycles. The van der Waals surface area contributed by atoms with Crippen LogP contribution >= 0.6 is 7.82 Å². The topological polar surface area (TPSA) is 111 Å². The van der Waals surface area contributed by atoms with Crippen LogP contribution < -0.4 is 4.89 Å². The van der Waals surface area contributed by atoms with Gasteiger partial charge in [-0.05, 0) is 57.8 Å². The second-order valence-electron chi connectivity index (χ2n) is 18.6. The molecular formula is C52H98NO8P. The SMILES string of the molecule is CCCCCC/C=C/C=C/CCCCCCCC(=O)O[C@@H](COC(=O)CCC/C=C/CCCCCCCCCCCCCCCCCCCC)COP(=O)([O-])OCC[N+](C)(C)C. The average molecular weight is 896 g/mol. The zero-order chi connectivity index (χ0) is 45.7. The smallest absolute Gasteiger partial charge is 0.306 e. The van der Waals surface area contributed by atoms with Crippen LogP contribution in [0.3, 0.4) is 0 Å². The van der Waals surface area contributed by atoms with E-state index in [1.165, 1.54) is 141 Å². The van der Waals surface area contributed by atoms with Crippen molar-refractivity contribution in [1.29, 1.82) is 0 Å². The minimum atomic E-state index is -4.64. The summed E-state index contributed by atoms with van der Waals surface area (Å²) >= 11 is 0. The van der Waals surface area contributed by atoms with Crippen LogP contribution in [-0.2, 0) is 32.7 Å². The minimum absolute atomic E-state index is 0.0374. The van der Waals surface area contributed by atoms with Gasteiger partial charge in [-0.1, -0.05) is 198 Å². The highest BCUT2D eigenvalue weighted by molar-refractivity contribution is 7.45. The van der Waals surface area contributed by atoms with Gasteiger partial charge in [0, 0.05) is 12.8 Å². The van der Waals surface area contributed by atoms with E-state index in [4.69, 9.17) is 18.5 Å². The molecule has 0 rings (SSSR count). The number of quaternary nitrogens is 1. The molecule has 0 heterocycles. The summed E-state index contributed by atoms with van der Waals surface area (Å²) in [5.74, 6) is -0.883. The third-order valence-corrected chi connectivity index (χ3v) is 12.1. The van der Waals surface area contributed by atoms with Gasteiger partial charge in [-0.2, -0.15) is 0 Å². The highest BCUT2D eigenvalue weighted by Gasteiger charge is 2.21. The number of phosphoric acid groups is 1. The number of carbonyl (C=O) groups is 2. The van der Waals surface area contributed by atoms with E-state index in [9.17, 15) is 19.0 Å². The molecule has 0 aliphatic heterocycles. The molecule has 2 atom stereocenters. The van der Waals surface area contributed by atoms with E-state index >= 15 is 0 Å². The van der Waals surface area contributed by atoms with Crippen molar-refractivity contribution in [1.82, 2.24) is 0 Å². The Morgan fingerprint density at radius 1 is 0.500 bits per heavy atom. The molecule has 0 bridgehead atoms. The lowest BCUT2D eigenvalue weighted by Gasteiger charge is -2.28. The van der Waals surface area contributed by atoms with Gasteiger partial charge in [0.1, 0.15) is 19.8 Å². The molecule has 0 aliphatic rings. The first-order valence-electron chi connectivity index (χ1n) is 25.7. The van der Waals surface area contributed by atoms with Crippen LogP contribution in [0.2, 0.25) is 0 Å². The fourth-order valence-electron chi connectivity index (χ4n) is 7.12. The molecular weight excluding hydrogens is 798 g/mol. The summed E-state index contributed by atoms with van der Waals surface area (Å²) in [5, 5.41) is 0. The summed E-state index contributed by atoms with van der Waals surface area (Å²) in [5.41, 5.74) is 0. The molecule has 364 valence electrons. The normalized spacial score (nSPS) is 13.7. The number of nitrogens with zero attached hydrogens (tertiary/aromatic N) is 1.